The summed E-state index contributed by atoms with van der Waals surface area (Å²) >= 11 is 0. The van der Waals surface area contributed by atoms with Gasteiger partial charge in [0.25, 0.3) is 0 Å². The molecule has 0 saturated carbocycles. The number of aromatic nitrogens is 4. The molecule has 5 nitrogen and oxygen atoms in total. The van der Waals surface area contributed by atoms with E-state index in [-0.39, 0.29) is 0 Å². The predicted octanol–water partition coefficient (Wildman–Crippen LogP) is 26.6. The quantitative estimate of drug-likeness (QED) is 0.122. The molecule has 4 heterocycles. The highest BCUT2D eigenvalue weighted by Gasteiger charge is 2.20. The Hall–Kier alpha value is -13.8. The summed E-state index contributed by atoms with van der Waals surface area (Å²) in [7, 11) is 0. The van der Waals surface area contributed by atoms with Crippen LogP contribution in [0, 0.1) is 13.5 Å². The van der Waals surface area contributed by atoms with Crippen LogP contribution >= 0.6 is 0 Å². The average Bonchev–Trinajstić information content (AvgIpc) is 1.60. The molecule has 0 aliphatic carbocycles. The predicted molar refractivity (Wildman–Crippen MR) is 434 cm³/mol. The first kappa shape index (κ1) is 60.4. The largest absolute Gasteiger partial charge is 0.309 e. The summed E-state index contributed by atoms with van der Waals surface area (Å²) in [6.07, 6.45) is 0. The van der Waals surface area contributed by atoms with Gasteiger partial charge in [0, 0.05) is 65.8 Å². The van der Waals surface area contributed by atoms with Crippen molar-refractivity contribution in [3.63, 3.8) is 0 Å². The van der Waals surface area contributed by atoms with Crippen LogP contribution in [0.3, 0.4) is 0 Å². The Morgan fingerprint density at radius 2 is 0.437 bits per heavy atom. The molecule has 4 aromatic heterocycles. The number of rotatable bonds is 10. The van der Waals surface area contributed by atoms with Gasteiger partial charge in [-0.1, -0.05) is 236 Å². The zero-order chi connectivity index (χ0) is 68.5. The molecule has 0 saturated heterocycles. The summed E-state index contributed by atoms with van der Waals surface area (Å²) in [5.41, 5.74) is 30.1. The fourth-order valence-electron chi connectivity index (χ4n) is 15.8. The molecule has 0 aliphatic rings. The van der Waals surface area contributed by atoms with Crippen molar-refractivity contribution in [2.45, 2.75) is 6.92 Å². The molecule has 0 atom stereocenters. The molecule has 0 bridgehead atoms. The fraction of sp³-hybridized carbons (Fsp3) is 0.0102. The van der Waals surface area contributed by atoms with Gasteiger partial charge in [-0.3, -0.25) is 0 Å². The number of hydrogen-bond donors (Lipinski definition) is 0. The van der Waals surface area contributed by atoms with Gasteiger partial charge in [0.2, 0.25) is 0 Å². The lowest BCUT2D eigenvalue weighted by molar-refractivity contribution is 1.18. The number of aryl methyl sites for hydroxylation is 1. The molecule has 5 heteroatoms. The van der Waals surface area contributed by atoms with Gasteiger partial charge in [0.05, 0.1) is 50.7 Å². The van der Waals surface area contributed by atoms with Gasteiger partial charge in [-0.2, -0.15) is 0 Å². The second-order valence-corrected chi connectivity index (χ2v) is 26.8. The maximum Gasteiger partial charge on any atom is 0.188 e. The Labute approximate surface area is 597 Å². The molecule has 0 spiro atoms. The molecule has 0 aliphatic heterocycles. The maximum atomic E-state index is 7.74. The van der Waals surface area contributed by atoms with Crippen molar-refractivity contribution in [3.8, 4) is 89.5 Å². The van der Waals surface area contributed by atoms with E-state index in [1.54, 1.807) is 0 Å². The third kappa shape index (κ3) is 10.6. The average molecular weight is 1310 g/mol. The smallest absolute Gasteiger partial charge is 0.188 e. The lowest BCUT2D eigenvalue weighted by Gasteiger charge is -2.11. The van der Waals surface area contributed by atoms with Crippen molar-refractivity contribution < 1.29 is 0 Å². The van der Waals surface area contributed by atoms with Gasteiger partial charge < -0.3 is 18.3 Å². The highest BCUT2D eigenvalue weighted by atomic mass is 15.0. The van der Waals surface area contributed by atoms with Crippen LogP contribution in [0.4, 0.5) is 5.69 Å². The number of benzene rings is 16. The molecule has 0 radical (unpaired) electrons. The minimum atomic E-state index is 0.639. The van der Waals surface area contributed by atoms with Crippen molar-refractivity contribution in [1.82, 2.24) is 18.3 Å². The molecular formula is C98H65N5. The van der Waals surface area contributed by atoms with Crippen LogP contribution in [0.25, 0.3) is 182 Å². The molecule has 103 heavy (non-hydrogen) atoms. The van der Waals surface area contributed by atoms with Gasteiger partial charge in [0.15, 0.2) is 5.69 Å². The van der Waals surface area contributed by atoms with Crippen LogP contribution < -0.4 is 0 Å². The normalized spacial score (nSPS) is 11.5. The van der Waals surface area contributed by atoms with Crippen molar-refractivity contribution in [1.29, 1.82) is 0 Å². The summed E-state index contributed by atoms with van der Waals surface area (Å²) in [5.74, 6) is 0. The van der Waals surface area contributed by atoms with E-state index >= 15 is 0 Å². The van der Waals surface area contributed by atoms with Crippen LogP contribution in [0.5, 0.6) is 0 Å². The van der Waals surface area contributed by atoms with E-state index in [1.165, 1.54) is 143 Å². The first-order valence-corrected chi connectivity index (χ1v) is 35.1. The Balaban J connectivity index is 0.000000142. The molecule has 0 amide bonds. The van der Waals surface area contributed by atoms with E-state index in [2.05, 4.69) is 376 Å². The molecule has 20 rings (SSSR count). The molecule has 20 aromatic rings. The lowest BCUT2D eigenvalue weighted by Crippen LogP contribution is -1.94. The van der Waals surface area contributed by atoms with E-state index in [0.29, 0.717) is 5.69 Å². The number of para-hydroxylation sites is 6. The van der Waals surface area contributed by atoms with Gasteiger partial charge in [-0.05, 0) is 219 Å². The third-order valence-electron chi connectivity index (χ3n) is 20.7. The van der Waals surface area contributed by atoms with Gasteiger partial charge in [0.1, 0.15) is 0 Å². The minimum absolute atomic E-state index is 0.639. The van der Waals surface area contributed by atoms with E-state index in [9.17, 15) is 0 Å². The van der Waals surface area contributed by atoms with Crippen LogP contribution in [0.15, 0.2) is 376 Å². The Kier molecular flexibility index (Phi) is 14.8. The standard InChI is InChI=1S/C49H31N3.C49H34N2/c1-50-39-29-37(33-12-4-2-5-13-33)28-38(30-39)34-20-24-41(25-21-34)52-47-19-11-9-17-43(47)45-32-36(23-27-49(45)52)35-22-26-48-44(31-35)42-16-8-10-18-46(42)51(48)40-14-6-3-7-15-40;1-33-11-9-12-35(29-33)37-14-10-13-36(30-37)34-21-25-41(26-22-34)51-47-20-8-6-18-43(47)45-32-39(24-28-49(45)51)38-23-27-48-44(31-38)42-17-5-7-19-46(42)50(48)40-15-3-2-4-16-40/h2-32H;2-32H,1H3. The van der Waals surface area contributed by atoms with Crippen LogP contribution in [-0.4, -0.2) is 18.3 Å². The summed E-state index contributed by atoms with van der Waals surface area (Å²) in [6.45, 7) is 9.88. The molecule has 0 fully saturated rings. The van der Waals surface area contributed by atoms with E-state index in [4.69, 9.17) is 6.57 Å². The van der Waals surface area contributed by atoms with Gasteiger partial charge in [-0.25, -0.2) is 4.85 Å². The Bertz CT molecular complexity index is 6720. The van der Waals surface area contributed by atoms with Crippen molar-refractivity contribution >= 4 is 92.9 Å². The van der Waals surface area contributed by atoms with Crippen molar-refractivity contribution in [2.24, 2.45) is 0 Å². The summed E-state index contributed by atoms with van der Waals surface area (Å²) in [6, 6.07) is 135. The first-order chi connectivity index (χ1) is 50.9. The monoisotopic (exact) mass is 1310 g/mol. The summed E-state index contributed by atoms with van der Waals surface area (Å²) in [4.78, 5) is 3.78. The zero-order valence-electron chi connectivity index (χ0n) is 56.5. The summed E-state index contributed by atoms with van der Waals surface area (Å²) < 4.78 is 9.50. The number of fused-ring (bicyclic) bond motifs is 12. The second kappa shape index (κ2) is 25.2. The molecule has 482 valence electrons. The fourth-order valence-corrected chi connectivity index (χ4v) is 15.8. The van der Waals surface area contributed by atoms with Gasteiger partial charge >= 0.3 is 0 Å². The minimum Gasteiger partial charge on any atom is -0.309 e. The van der Waals surface area contributed by atoms with E-state index < -0.39 is 0 Å². The van der Waals surface area contributed by atoms with Crippen molar-refractivity contribution in [3.05, 3.63) is 393 Å². The molecule has 16 aromatic carbocycles. The molecule has 0 N–H and O–H groups in total. The number of hydrogen-bond acceptors (Lipinski definition) is 0. The third-order valence-corrected chi connectivity index (χ3v) is 20.7. The second-order valence-electron chi connectivity index (χ2n) is 26.8. The summed E-state index contributed by atoms with van der Waals surface area (Å²) in [5, 5.41) is 9.98. The Morgan fingerprint density at radius 3 is 0.806 bits per heavy atom. The highest BCUT2D eigenvalue weighted by Crippen LogP contribution is 2.43. The number of nitrogens with zero attached hydrogens (tertiary/aromatic N) is 5. The SMILES string of the molecule is Cc1cccc(-c2cccc(-c3ccc(-n4c5ccccc5c5cc(-c6ccc7c(c6)c6ccccc6n7-c6ccccc6)ccc54)cc3)c2)c1.[C-]#[N+]c1cc(-c2ccccc2)cc(-c2ccc(-n3c4ccccc4c4cc(-c5ccc6c(c5)c5ccccc5n6-c5ccccc5)ccc43)cc2)c1. The first-order valence-electron chi connectivity index (χ1n) is 35.1. The van der Waals surface area contributed by atoms with Crippen molar-refractivity contribution in [2.75, 3.05) is 0 Å². The molecule has 0 unspecified atom stereocenters. The topological polar surface area (TPSA) is 24.1 Å². The molecular weight excluding hydrogens is 1250 g/mol. The van der Waals surface area contributed by atoms with Crippen LogP contribution in [0.2, 0.25) is 0 Å². The zero-order valence-corrected chi connectivity index (χ0v) is 56.5. The van der Waals surface area contributed by atoms with E-state index in [1.807, 2.05) is 30.3 Å². The van der Waals surface area contributed by atoms with Gasteiger partial charge in [-0.15, -0.1) is 0 Å². The van der Waals surface area contributed by atoms with E-state index in [0.717, 1.165) is 39.3 Å². The lowest BCUT2D eigenvalue weighted by atomic mass is 9.98. The maximum absolute atomic E-state index is 7.74. The Morgan fingerprint density at radius 1 is 0.184 bits per heavy atom. The van der Waals surface area contributed by atoms with Crippen LogP contribution in [0.1, 0.15) is 5.56 Å². The van der Waals surface area contributed by atoms with Crippen LogP contribution in [-0.2, 0) is 0 Å². The highest BCUT2D eigenvalue weighted by molar-refractivity contribution is 6.15.